The van der Waals surface area contributed by atoms with Crippen molar-refractivity contribution in [1.82, 2.24) is 9.47 Å². The fourth-order valence-electron chi connectivity index (χ4n) is 2.97. The first-order valence-electron chi connectivity index (χ1n) is 7.44. The average Bonchev–Trinajstić information content (AvgIpc) is 3.28. The normalized spacial score (nSPS) is 19.6. The van der Waals surface area contributed by atoms with Crippen LogP contribution in [-0.4, -0.2) is 41.5 Å². The van der Waals surface area contributed by atoms with Gasteiger partial charge < -0.3 is 19.9 Å². The number of esters is 1. The number of piperidine rings is 1. The number of nitrogens with zero attached hydrogens (tertiary/aromatic N) is 2. The van der Waals surface area contributed by atoms with Crippen molar-refractivity contribution in [2.75, 3.05) is 25.9 Å². The summed E-state index contributed by atoms with van der Waals surface area (Å²) in [7, 11) is 1.41. The zero-order valence-corrected chi connectivity index (χ0v) is 12.2. The lowest BCUT2D eigenvalue weighted by Crippen LogP contribution is -2.41. The Kier molecular flexibility index (Phi) is 3.61. The van der Waals surface area contributed by atoms with Crippen LogP contribution in [0.25, 0.3) is 0 Å². The van der Waals surface area contributed by atoms with Gasteiger partial charge in [0.2, 0.25) is 0 Å². The molecule has 6 nitrogen and oxygen atoms in total. The maximum absolute atomic E-state index is 12.6. The molecule has 0 spiro atoms. The molecule has 3 rings (SSSR count). The van der Waals surface area contributed by atoms with Crippen molar-refractivity contribution < 1.29 is 14.3 Å². The molecule has 0 atom stereocenters. The number of carbonyl (C=O) groups excluding carboxylic acids is 2. The predicted octanol–water partition coefficient (Wildman–Crippen LogP) is 1.43. The minimum atomic E-state index is -0.173. The Balaban J connectivity index is 1.68. The molecule has 1 aromatic heterocycles. The molecular weight excluding hydrogens is 270 g/mol. The maximum Gasteiger partial charge on any atom is 0.308 e. The average molecular weight is 291 g/mol. The molecule has 1 aliphatic heterocycles. The van der Waals surface area contributed by atoms with Crippen LogP contribution in [-0.2, 0) is 9.53 Å². The van der Waals surface area contributed by atoms with Crippen LogP contribution in [0.1, 0.15) is 42.2 Å². The molecule has 114 valence electrons. The summed E-state index contributed by atoms with van der Waals surface area (Å²) in [6.45, 7) is 1.18. The summed E-state index contributed by atoms with van der Waals surface area (Å²) in [5.74, 6) is -0.242. The SMILES string of the molecule is COC(=O)C1CCN(C(=O)c2cc(N)cn2C2CC2)CC1. The van der Waals surface area contributed by atoms with Gasteiger partial charge in [0.05, 0.1) is 18.7 Å². The van der Waals surface area contributed by atoms with E-state index in [2.05, 4.69) is 0 Å². The summed E-state index contributed by atoms with van der Waals surface area (Å²) in [5.41, 5.74) is 7.15. The number of aromatic nitrogens is 1. The van der Waals surface area contributed by atoms with Gasteiger partial charge in [-0.25, -0.2) is 0 Å². The van der Waals surface area contributed by atoms with E-state index in [1.165, 1.54) is 7.11 Å². The van der Waals surface area contributed by atoms with Crippen molar-refractivity contribution in [3.05, 3.63) is 18.0 Å². The first-order chi connectivity index (χ1) is 10.1. The van der Waals surface area contributed by atoms with Crippen molar-refractivity contribution in [3.63, 3.8) is 0 Å². The molecular formula is C15H21N3O3. The van der Waals surface area contributed by atoms with E-state index in [1.807, 2.05) is 15.7 Å². The van der Waals surface area contributed by atoms with Crippen LogP contribution in [0.4, 0.5) is 5.69 Å². The number of carbonyl (C=O) groups is 2. The van der Waals surface area contributed by atoms with Crippen LogP contribution in [0.15, 0.2) is 12.3 Å². The summed E-state index contributed by atoms with van der Waals surface area (Å²) in [4.78, 5) is 26.0. The van der Waals surface area contributed by atoms with Gasteiger partial charge in [-0.05, 0) is 31.7 Å². The fraction of sp³-hybridized carbons (Fsp3) is 0.600. The third-order valence-corrected chi connectivity index (χ3v) is 4.35. The Morgan fingerprint density at radius 1 is 1.24 bits per heavy atom. The molecule has 1 amide bonds. The highest BCUT2D eigenvalue weighted by Crippen LogP contribution is 2.37. The Hall–Kier alpha value is -1.98. The molecule has 0 radical (unpaired) electrons. The summed E-state index contributed by atoms with van der Waals surface area (Å²) >= 11 is 0. The van der Waals surface area contributed by atoms with E-state index in [0.717, 1.165) is 12.8 Å². The molecule has 2 N–H and O–H groups in total. The standard InChI is InChI=1S/C15H21N3O3/c1-21-15(20)10-4-6-17(7-5-10)14(19)13-8-11(16)9-18(13)12-2-3-12/h8-10,12H,2-7,16H2,1H3. The first kappa shape index (κ1) is 14.0. The van der Waals surface area contributed by atoms with Crippen LogP contribution in [0, 0.1) is 5.92 Å². The third-order valence-electron chi connectivity index (χ3n) is 4.35. The zero-order valence-electron chi connectivity index (χ0n) is 12.2. The van der Waals surface area contributed by atoms with Gasteiger partial charge >= 0.3 is 5.97 Å². The highest BCUT2D eigenvalue weighted by Gasteiger charge is 2.32. The minimum Gasteiger partial charge on any atom is -0.469 e. The van der Waals surface area contributed by atoms with E-state index in [1.54, 1.807) is 6.07 Å². The molecule has 0 unspecified atom stereocenters. The molecule has 1 saturated carbocycles. The highest BCUT2D eigenvalue weighted by atomic mass is 16.5. The van der Waals surface area contributed by atoms with Crippen LogP contribution in [0.3, 0.4) is 0 Å². The molecule has 0 bridgehead atoms. The van der Waals surface area contributed by atoms with E-state index >= 15 is 0 Å². The molecule has 1 aromatic rings. The third kappa shape index (κ3) is 2.75. The lowest BCUT2D eigenvalue weighted by atomic mass is 9.97. The number of nitrogen functional groups attached to an aromatic ring is 1. The monoisotopic (exact) mass is 291 g/mol. The Morgan fingerprint density at radius 2 is 1.90 bits per heavy atom. The predicted molar refractivity (Wildman–Crippen MR) is 77.8 cm³/mol. The second-order valence-corrected chi connectivity index (χ2v) is 5.89. The van der Waals surface area contributed by atoms with Gasteiger partial charge in [0, 0.05) is 25.3 Å². The quantitative estimate of drug-likeness (QED) is 0.855. The lowest BCUT2D eigenvalue weighted by molar-refractivity contribution is -0.146. The molecule has 1 aliphatic carbocycles. The second kappa shape index (κ2) is 5.42. The zero-order chi connectivity index (χ0) is 15.0. The number of likely N-dealkylation sites (tertiary alicyclic amines) is 1. The Labute approximate surface area is 123 Å². The Bertz CT molecular complexity index is 555. The molecule has 2 heterocycles. The number of ether oxygens (including phenoxy) is 1. The summed E-state index contributed by atoms with van der Waals surface area (Å²) in [5, 5.41) is 0. The smallest absolute Gasteiger partial charge is 0.308 e. The van der Waals surface area contributed by atoms with Gasteiger partial charge in [0.25, 0.3) is 5.91 Å². The van der Waals surface area contributed by atoms with Crippen LogP contribution in [0.5, 0.6) is 0 Å². The van der Waals surface area contributed by atoms with E-state index in [0.29, 0.717) is 43.4 Å². The molecule has 6 heteroatoms. The minimum absolute atomic E-state index is 0.0157. The molecule has 2 aliphatic rings. The van der Waals surface area contributed by atoms with Gasteiger partial charge in [0.15, 0.2) is 0 Å². The summed E-state index contributed by atoms with van der Waals surface area (Å²) < 4.78 is 6.77. The number of rotatable bonds is 3. The van der Waals surface area contributed by atoms with E-state index in [9.17, 15) is 9.59 Å². The van der Waals surface area contributed by atoms with Crippen LogP contribution in [0.2, 0.25) is 0 Å². The van der Waals surface area contributed by atoms with Crippen molar-refractivity contribution in [1.29, 1.82) is 0 Å². The largest absolute Gasteiger partial charge is 0.469 e. The Morgan fingerprint density at radius 3 is 2.48 bits per heavy atom. The van der Waals surface area contributed by atoms with Gasteiger partial charge in [0.1, 0.15) is 5.69 Å². The molecule has 2 fully saturated rings. The topological polar surface area (TPSA) is 77.6 Å². The van der Waals surface area contributed by atoms with E-state index < -0.39 is 0 Å². The number of nitrogens with two attached hydrogens (primary N) is 1. The number of hydrogen-bond donors (Lipinski definition) is 1. The van der Waals surface area contributed by atoms with Gasteiger partial charge in [-0.15, -0.1) is 0 Å². The van der Waals surface area contributed by atoms with E-state index in [4.69, 9.17) is 10.5 Å². The van der Waals surface area contributed by atoms with Gasteiger partial charge in [-0.1, -0.05) is 0 Å². The first-order valence-corrected chi connectivity index (χ1v) is 7.44. The number of amides is 1. The number of hydrogen-bond acceptors (Lipinski definition) is 4. The highest BCUT2D eigenvalue weighted by molar-refractivity contribution is 5.94. The summed E-state index contributed by atoms with van der Waals surface area (Å²) in [6.07, 6.45) is 5.40. The van der Waals surface area contributed by atoms with Gasteiger partial charge in [-0.2, -0.15) is 0 Å². The van der Waals surface area contributed by atoms with Crippen LogP contribution < -0.4 is 5.73 Å². The lowest BCUT2D eigenvalue weighted by Gasteiger charge is -2.30. The molecule has 21 heavy (non-hydrogen) atoms. The maximum atomic E-state index is 12.6. The van der Waals surface area contributed by atoms with Crippen LogP contribution >= 0.6 is 0 Å². The molecule has 0 aromatic carbocycles. The van der Waals surface area contributed by atoms with Gasteiger partial charge in [-0.3, -0.25) is 9.59 Å². The second-order valence-electron chi connectivity index (χ2n) is 5.89. The van der Waals surface area contributed by atoms with Crippen molar-refractivity contribution in [2.24, 2.45) is 5.92 Å². The summed E-state index contributed by atoms with van der Waals surface area (Å²) in [6, 6.07) is 2.18. The fourth-order valence-corrected chi connectivity index (χ4v) is 2.97. The number of methoxy groups -OCH3 is 1. The number of anilines is 1. The van der Waals surface area contributed by atoms with Crippen molar-refractivity contribution >= 4 is 17.6 Å². The van der Waals surface area contributed by atoms with Crippen molar-refractivity contribution in [3.8, 4) is 0 Å². The molecule has 1 saturated heterocycles. The van der Waals surface area contributed by atoms with Crippen molar-refractivity contribution in [2.45, 2.75) is 31.7 Å². The van der Waals surface area contributed by atoms with E-state index in [-0.39, 0.29) is 17.8 Å².